The number of methoxy groups -OCH3 is 1. The number of benzene rings is 2. The minimum absolute atomic E-state index is 0.549. The van der Waals surface area contributed by atoms with Crippen LogP contribution >= 0.6 is 15.9 Å². The number of rotatable bonds is 2. The molecule has 16 heavy (non-hydrogen) atoms. The average molecular weight is 282 g/mol. The predicted octanol–water partition coefficient (Wildman–Crippen LogP) is 2.82. The van der Waals surface area contributed by atoms with Gasteiger partial charge in [0.25, 0.3) is 0 Å². The van der Waals surface area contributed by atoms with Crippen LogP contribution in [-0.2, 0) is 4.74 Å². The molecule has 0 saturated carbocycles. The fraction of sp³-hybridized carbons (Fsp3) is 0.167. The molecular formula is C12H12BrNO2. The molecule has 0 bridgehead atoms. The quantitative estimate of drug-likeness (QED) is 0.657. The molecule has 84 valence electrons. The van der Waals surface area contributed by atoms with E-state index in [4.69, 9.17) is 10.5 Å². The maximum absolute atomic E-state index is 9.67. The van der Waals surface area contributed by atoms with E-state index in [2.05, 4.69) is 15.9 Å². The van der Waals surface area contributed by atoms with Gasteiger partial charge in [0.2, 0.25) is 0 Å². The number of nitrogens with two attached hydrogens (primary N) is 1. The lowest BCUT2D eigenvalue weighted by Gasteiger charge is -2.14. The first-order valence-electron chi connectivity index (χ1n) is 4.82. The lowest BCUT2D eigenvalue weighted by molar-refractivity contribution is -0.0763. The summed E-state index contributed by atoms with van der Waals surface area (Å²) >= 11 is 3.46. The van der Waals surface area contributed by atoms with Crippen molar-refractivity contribution in [2.45, 2.75) is 6.29 Å². The summed E-state index contributed by atoms with van der Waals surface area (Å²) in [6, 6.07) is 9.53. The summed E-state index contributed by atoms with van der Waals surface area (Å²) in [4.78, 5) is 0. The largest absolute Gasteiger partial charge is 0.398 e. The van der Waals surface area contributed by atoms with Gasteiger partial charge in [0.05, 0.1) is 0 Å². The highest BCUT2D eigenvalue weighted by molar-refractivity contribution is 9.10. The Morgan fingerprint density at radius 3 is 2.56 bits per heavy atom. The smallest absolute Gasteiger partial charge is 0.182 e. The van der Waals surface area contributed by atoms with E-state index in [1.54, 1.807) is 6.07 Å². The zero-order valence-corrected chi connectivity index (χ0v) is 10.4. The molecule has 3 nitrogen and oxygen atoms in total. The second-order valence-corrected chi connectivity index (χ2v) is 4.35. The van der Waals surface area contributed by atoms with E-state index in [0.717, 1.165) is 15.2 Å². The van der Waals surface area contributed by atoms with Crippen LogP contribution in [0.25, 0.3) is 10.8 Å². The number of nitrogen functional groups attached to an aromatic ring is 1. The zero-order valence-electron chi connectivity index (χ0n) is 8.77. The van der Waals surface area contributed by atoms with Crippen molar-refractivity contribution < 1.29 is 9.84 Å². The SMILES string of the molecule is COC(O)c1cc(Br)c2ccccc2c1N. The van der Waals surface area contributed by atoms with Gasteiger partial charge in [-0.1, -0.05) is 40.2 Å². The molecule has 2 rings (SSSR count). The van der Waals surface area contributed by atoms with Crippen LogP contribution in [-0.4, -0.2) is 12.2 Å². The summed E-state index contributed by atoms with van der Waals surface area (Å²) in [7, 11) is 1.44. The first-order chi connectivity index (χ1) is 7.65. The standard InChI is InChI=1S/C12H12BrNO2/c1-16-12(15)9-6-10(13)7-4-2-3-5-8(7)11(9)14/h2-6,12,15H,14H2,1H3. The molecule has 1 unspecified atom stereocenters. The minimum atomic E-state index is -0.999. The van der Waals surface area contributed by atoms with E-state index in [0.29, 0.717) is 11.3 Å². The Balaban J connectivity index is 2.75. The van der Waals surface area contributed by atoms with E-state index >= 15 is 0 Å². The van der Waals surface area contributed by atoms with Crippen LogP contribution in [0.2, 0.25) is 0 Å². The maximum Gasteiger partial charge on any atom is 0.182 e. The van der Waals surface area contributed by atoms with Crippen LogP contribution in [0.3, 0.4) is 0 Å². The highest BCUT2D eigenvalue weighted by Gasteiger charge is 2.14. The number of hydrogen-bond acceptors (Lipinski definition) is 3. The maximum atomic E-state index is 9.67. The lowest BCUT2D eigenvalue weighted by Crippen LogP contribution is -2.04. The second-order valence-electron chi connectivity index (χ2n) is 3.49. The highest BCUT2D eigenvalue weighted by atomic mass is 79.9. The summed E-state index contributed by atoms with van der Waals surface area (Å²) in [6.07, 6.45) is -0.999. The number of aliphatic hydroxyl groups is 1. The van der Waals surface area contributed by atoms with Gasteiger partial charge in [-0.25, -0.2) is 0 Å². The first kappa shape index (κ1) is 11.4. The topological polar surface area (TPSA) is 55.5 Å². The molecule has 2 aromatic rings. The molecule has 4 heteroatoms. The molecule has 0 radical (unpaired) electrons. The number of hydrogen-bond donors (Lipinski definition) is 2. The summed E-state index contributed by atoms with van der Waals surface area (Å²) in [5.74, 6) is 0. The molecule has 0 fully saturated rings. The Bertz CT molecular complexity index is 528. The van der Waals surface area contributed by atoms with Crippen molar-refractivity contribution in [1.29, 1.82) is 0 Å². The molecule has 2 aromatic carbocycles. The van der Waals surface area contributed by atoms with Crippen molar-refractivity contribution in [1.82, 2.24) is 0 Å². The molecule has 0 saturated heterocycles. The molecule has 1 atom stereocenters. The number of aliphatic hydroxyl groups excluding tert-OH is 1. The molecule has 0 amide bonds. The Kier molecular flexibility index (Phi) is 3.14. The molecule has 0 aromatic heterocycles. The van der Waals surface area contributed by atoms with Gasteiger partial charge in [-0.15, -0.1) is 0 Å². The Labute approximate surface area is 102 Å². The monoisotopic (exact) mass is 281 g/mol. The normalized spacial score (nSPS) is 12.9. The minimum Gasteiger partial charge on any atom is -0.398 e. The highest BCUT2D eigenvalue weighted by Crippen LogP contribution is 2.34. The third kappa shape index (κ3) is 1.80. The van der Waals surface area contributed by atoms with Gasteiger partial charge in [-0.2, -0.15) is 0 Å². The molecule has 0 spiro atoms. The van der Waals surface area contributed by atoms with Crippen LogP contribution in [0, 0.1) is 0 Å². The van der Waals surface area contributed by atoms with E-state index < -0.39 is 6.29 Å². The fourth-order valence-corrected chi connectivity index (χ4v) is 2.30. The van der Waals surface area contributed by atoms with Gasteiger partial charge < -0.3 is 15.6 Å². The summed E-state index contributed by atoms with van der Waals surface area (Å²) in [5.41, 5.74) is 7.13. The van der Waals surface area contributed by atoms with Crippen molar-refractivity contribution in [2.75, 3.05) is 12.8 Å². The van der Waals surface area contributed by atoms with Crippen molar-refractivity contribution >= 4 is 32.4 Å². The molecule has 0 aliphatic heterocycles. The third-order valence-electron chi connectivity index (χ3n) is 2.56. The van der Waals surface area contributed by atoms with E-state index in [1.807, 2.05) is 24.3 Å². The zero-order chi connectivity index (χ0) is 11.7. The van der Waals surface area contributed by atoms with Crippen molar-refractivity contribution in [2.24, 2.45) is 0 Å². The van der Waals surface area contributed by atoms with E-state index in [9.17, 15) is 5.11 Å². The number of halogens is 1. The van der Waals surface area contributed by atoms with E-state index in [1.165, 1.54) is 7.11 Å². The third-order valence-corrected chi connectivity index (χ3v) is 3.21. The van der Waals surface area contributed by atoms with Gasteiger partial charge in [-0.05, 0) is 11.5 Å². The van der Waals surface area contributed by atoms with Crippen molar-refractivity contribution in [3.8, 4) is 0 Å². The average Bonchev–Trinajstić information content (AvgIpc) is 2.33. The number of fused-ring (bicyclic) bond motifs is 1. The first-order valence-corrected chi connectivity index (χ1v) is 5.62. The van der Waals surface area contributed by atoms with Crippen molar-refractivity contribution in [3.63, 3.8) is 0 Å². The molecule has 0 aliphatic rings. The fourth-order valence-electron chi connectivity index (χ4n) is 1.71. The molecule has 0 aliphatic carbocycles. The van der Waals surface area contributed by atoms with Crippen LogP contribution in [0.4, 0.5) is 5.69 Å². The molecule has 3 N–H and O–H groups in total. The van der Waals surface area contributed by atoms with Gasteiger partial charge >= 0.3 is 0 Å². The van der Waals surface area contributed by atoms with E-state index in [-0.39, 0.29) is 0 Å². The van der Waals surface area contributed by atoms with Crippen LogP contribution in [0.15, 0.2) is 34.8 Å². The molecule has 0 heterocycles. The van der Waals surface area contributed by atoms with Gasteiger partial charge in [-0.3, -0.25) is 0 Å². The Morgan fingerprint density at radius 1 is 1.31 bits per heavy atom. The van der Waals surface area contributed by atoms with Crippen LogP contribution in [0.1, 0.15) is 11.9 Å². The van der Waals surface area contributed by atoms with Crippen LogP contribution < -0.4 is 5.73 Å². The number of ether oxygens (including phenoxy) is 1. The van der Waals surface area contributed by atoms with Crippen LogP contribution in [0.5, 0.6) is 0 Å². The second kappa shape index (κ2) is 4.41. The predicted molar refractivity (Wildman–Crippen MR) is 68.0 cm³/mol. The molecular weight excluding hydrogens is 270 g/mol. The van der Waals surface area contributed by atoms with Crippen molar-refractivity contribution in [3.05, 3.63) is 40.4 Å². The Hall–Kier alpha value is -1.10. The van der Waals surface area contributed by atoms with Gasteiger partial charge in [0.1, 0.15) is 0 Å². The summed E-state index contributed by atoms with van der Waals surface area (Å²) in [5, 5.41) is 11.6. The Morgan fingerprint density at radius 2 is 1.94 bits per heavy atom. The lowest BCUT2D eigenvalue weighted by atomic mass is 10.0. The van der Waals surface area contributed by atoms with Gasteiger partial charge in [0.15, 0.2) is 6.29 Å². The van der Waals surface area contributed by atoms with Gasteiger partial charge in [0, 0.05) is 28.2 Å². The summed E-state index contributed by atoms with van der Waals surface area (Å²) in [6.45, 7) is 0. The number of anilines is 1. The summed E-state index contributed by atoms with van der Waals surface area (Å²) < 4.78 is 5.77.